The molecular formula is C21H22NO3P. The molecule has 0 saturated carbocycles. The molecule has 0 spiro atoms. The lowest BCUT2D eigenvalue weighted by molar-refractivity contribution is 0.340. The van der Waals surface area contributed by atoms with Gasteiger partial charge in [-0.2, -0.15) is 0 Å². The van der Waals surface area contributed by atoms with Crippen LogP contribution < -0.4 is 5.32 Å². The first-order valence-electron chi connectivity index (χ1n) is 8.49. The number of nitrogens with one attached hydrogen (secondary N) is 1. The van der Waals surface area contributed by atoms with E-state index < -0.39 is 13.4 Å². The van der Waals surface area contributed by atoms with Gasteiger partial charge in [-0.05, 0) is 23.1 Å². The monoisotopic (exact) mass is 367 g/mol. The Hall–Kier alpha value is -2.23. The Balaban J connectivity index is 1.93. The van der Waals surface area contributed by atoms with E-state index in [1.807, 2.05) is 91.0 Å². The van der Waals surface area contributed by atoms with Gasteiger partial charge in [0, 0.05) is 0 Å². The summed E-state index contributed by atoms with van der Waals surface area (Å²) in [5.41, 5.74) is 2.81. The average Bonchev–Trinajstić information content (AvgIpc) is 2.66. The van der Waals surface area contributed by atoms with Gasteiger partial charge in [-0.25, -0.2) is 0 Å². The molecule has 0 amide bonds. The average molecular weight is 367 g/mol. The van der Waals surface area contributed by atoms with Gasteiger partial charge in [-0.1, -0.05) is 91.0 Å². The van der Waals surface area contributed by atoms with E-state index >= 15 is 0 Å². The summed E-state index contributed by atoms with van der Waals surface area (Å²) in [6.07, 6.45) is 0.251. The van der Waals surface area contributed by atoms with Crippen LogP contribution in [0.1, 0.15) is 22.7 Å². The van der Waals surface area contributed by atoms with Crippen LogP contribution in [0.5, 0.6) is 0 Å². The predicted molar refractivity (Wildman–Crippen MR) is 104 cm³/mol. The standard InChI is InChI=1S/C21H22NO3P/c23-26(24,25)20(16-17-10-4-1-5-11-17)22-21(18-12-6-2-7-13-18)19-14-8-3-9-15-19/h1-15,20-22H,16H2,(H2,23,24,25). The normalized spacial score (nSPS) is 12.9. The first-order valence-corrected chi connectivity index (χ1v) is 10.2. The third kappa shape index (κ3) is 4.90. The van der Waals surface area contributed by atoms with E-state index in [2.05, 4.69) is 5.32 Å². The number of benzene rings is 3. The SMILES string of the molecule is O=P(O)(O)C(Cc1ccccc1)NC(c1ccccc1)c1ccccc1. The molecule has 0 aromatic heterocycles. The van der Waals surface area contributed by atoms with E-state index in [0.29, 0.717) is 0 Å². The van der Waals surface area contributed by atoms with Crippen molar-refractivity contribution in [3.05, 3.63) is 108 Å². The highest BCUT2D eigenvalue weighted by Gasteiger charge is 2.31. The van der Waals surface area contributed by atoms with Gasteiger partial charge in [0.1, 0.15) is 5.78 Å². The summed E-state index contributed by atoms with van der Waals surface area (Å²) in [6.45, 7) is 0. The zero-order valence-corrected chi connectivity index (χ0v) is 15.2. The van der Waals surface area contributed by atoms with Crippen molar-refractivity contribution in [2.45, 2.75) is 18.2 Å². The lowest BCUT2D eigenvalue weighted by atomic mass is 9.98. The highest BCUT2D eigenvalue weighted by molar-refractivity contribution is 7.52. The molecule has 0 saturated heterocycles. The Morgan fingerprint density at radius 3 is 1.58 bits per heavy atom. The second-order valence-corrected chi connectivity index (χ2v) is 8.02. The van der Waals surface area contributed by atoms with E-state index in [9.17, 15) is 14.4 Å². The van der Waals surface area contributed by atoms with Crippen molar-refractivity contribution in [2.75, 3.05) is 0 Å². The van der Waals surface area contributed by atoms with Crippen LogP contribution in [-0.4, -0.2) is 15.6 Å². The third-order valence-electron chi connectivity index (χ3n) is 4.30. The lowest BCUT2D eigenvalue weighted by Crippen LogP contribution is -2.35. The highest BCUT2D eigenvalue weighted by Crippen LogP contribution is 2.43. The van der Waals surface area contributed by atoms with Crippen LogP contribution in [0.4, 0.5) is 0 Å². The van der Waals surface area contributed by atoms with Gasteiger partial charge < -0.3 is 9.79 Å². The van der Waals surface area contributed by atoms with Gasteiger partial charge in [0.05, 0.1) is 6.04 Å². The largest absolute Gasteiger partial charge is 0.342 e. The first-order chi connectivity index (χ1) is 12.5. The fraction of sp³-hybridized carbons (Fsp3) is 0.143. The number of hydrogen-bond acceptors (Lipinski definition) is 2. The lowest BCUT2D eigenvalue weighted by Gasteiger charge is -2.27. The fourth-order valence-electron chi connectivity index (χ4n) is 2.98. The molecule has 26 heavy (non-hydrogen) atoms. The van der Waals surface area contributed by atoms with Crippen molar-refractivity contribution in [3.63, 3.8) is 0 Å². The Kier molecular flexibility index (Phi) is 6.02. The molecule has 134 valence electrons. The molecule has 0 bridgehead atoms. The second-order valence-electron chi connectivity index (χ2n) is 6.22. The van der Waals surface area contributed by atoms with Crippen LogP contribution in [0.2, 0.25) is 0 Å². The van der Waals surface area contributed by atoms with Crippen LogP contribution in [0.3, 0.4) is 0 Å². The van der Waals surface area contributed by atoms with Crippen molar-refractivity contribution in [2.24, 2.45) is 0 Å². The van der Waals surface area contributed by atoms with Crippen molar-refractivity contribution >= 4 is 7.60 Å². The van der Waals surface area contributed by atoms with Crippen molar-refractivity contribution in [3.8, 4) is 0 Å². The van der Waals surface area contributed by atoms with Crippen LogP contribution >= 0.6 is 7.60 Å². The molecule has 0 aliphatic rings. The number of hydrogen-bond donors (Lipinski definition) is 3. The highest BCUT2D eigenvalue weighted by atomic mass is 31.2. The molecule has 3 N–H and O–H groups in total. The van der Waals surface area contributed by atoms with Gasteiger partial charge >= 0.3 is 7.60 Å². The summed E-state index contributed by atoms with van der Waals surface area (Å²) in [7, 11) is -4.35. The van der Waals surface area contributed by atoms with Crippen LogP contribution in [0.15, 0.2) is 91.0 Å². The van der Waals surface area contributed by atoms with E-state index in [0.717, 1.165) is 16.7 Å². The van der Waals surface area contributed by atoms with Gasteiger partial charge in [0.2, 0.25) is 0 Å². The molecule has 0 aliphatic heterocycles. The topological polar surface area (TPSA) is 69.6 Å². The van der Waals surface area contributed by atoms with E-state index in [1.165, 1.54) is 0 Å². The Morgan fingerprint density at radius 2 is 1.15 bits per heavy atom. The summed E-state index contributed by atoms with van der Waals surface area (Å²) < 4.78 is 12.2. The van der Waals surface area contributed by atoms with Crippen LogP contribution in [0.25, 0.3) is 0 Å². The molecule has 1 unspecified atom stereocenters. The quantitative estimate of drug-likeness (QED) is 0.550. The Bertz CT molecular complexity index is 811. The minimum absolute atomic E-state index is 0.251. The zero-order valence-electron chi connectivity index (χ0n) is 14.3. The molecule has 3 rings (SSSR count). The zero-order chi connectivity index (χ0) is 18.4. The van der Waals surface area contributed by atoms with Gasteiger partial charge in [-0.15, -0.1) is 0 Å². The predicted octanol–water partition coefficient (Wildman–Crippen LogP) is 4.11. The van der Waals surface area contributed by atoms with Crippen molar-refractivity contribution in [1.29, 1.82) is 0 Å². The van der Waals surface area contributed by atoms with Crippen LogP contribution in [0, 0.1) is 0 Å². The maximum atomic E-state index is 12.2. The van der Waals surface area contributed by atoms with Gasteiger partial charge in [0.15, 0.2) is 0 Å². The maximum Gasteiger partial charge on any atom is 0.342 e. The molecule has 0 radical (unpaired) electrons. The second kappa shape index (κ2) is 8.43. The Labute approximate surface area is 153 Å². The minimum Gasteiger partial charge on any atom is -0.323 e. The Morgan fingerprint density at radius 1 is 0.731 bits per heavy atom. The van der Waals surface area contributed by atoms with Crippen molar-refractivity contribution in [1.82, 2.24) is 5.32 Å². The minimum atomic E-state index is -4.35. The fourth-order valence-corrected chi connectivity index (χ4v) is 3.77. The molecule has 0 aliphatic carbocycles. The van der Waals surface area contributed by atoms with Crippen molar-refractivity contribution < 1.29 is 14.4 Å². The summed E-state index contributed by atoms with van der Waals surface area (Å²) in [5.74, 6) is -0.977. The third-order valence-corrected chi connectivity index (χ3v) is 5.45. The van der Waals surface area contributed by atoms with Gasteiger partial charge in [-0.3, -0.25) is 9.88 Å². The maximum absolute atomic E-state index is 12.2. The van der Waals surface area contributed by atoms with Crippen LogP contribution in [-0.2, 0) is 11.0 Å². The molecule has 4 nitrogen and oxygen atoms in total. The summed E-state index contributed by atoms with van der Waals surface area (Å²) in [5, 5.41) is 3.21. The van der Waals surface area contributed by atoms with E-state index in [1.54, 1.807) is 0 Å². The number of rotatable bonds is 7. The molecule has 0 fully saturated rings. The van der Waals surface area contributed by atoms with E-state index in [-0.39, 0.29) is 12.5 Å². The summed E-state index contributed by atoms with van der Waals surface area (Å²) in [6, 6.07) is 28.5. The van der Waals surface area contributed by atoms with Gasteiger partial charge in [0.25, 0.3) is 0 Å². The smallest absolute Gasteiger partial charge is 0.323 e. The molecule has 0 heterocycles. The summed E-state index contributed by atoms with van der Waals surface area (Å²) >= 11 is 0. The molecule has 3 aromatic rings. The molecule has 1 atom stereocenters. The first kappa shape index (κ1) is 18.6. The molecule has 3 aromatic carbocycles. The summed E-state index contributed by atoms with van der Waals surface area (Å²) in [4.78, 5) is 19.9. The van der Waals surface area contributed by atoms with E-state index in [4.69, 9.17) is 0 Å². The molecular weight excluding hydrogens is 345 g/mol. The molecule has 5 heteroatoms.